The lowest BCUT2D eigenvalue weighted by molar-refractivity contribution is -0.120. The van der Waals surface area contributed by atoms with Crippen molar-refractivity contribution in [1.82, 2.24) is 24.5 Å². The molecule has 7 nitrogen and oxygen atoms in total. The highest BCUT2D eigenvalue weighted by molar-refractivity contribution is 8.00. The fraction of sp³-hybridized carbons (Fsp3) is 0.304. The van der Waals surface area contributed by atoms with Crippen LogP contribution in [-0.2, 0) is 11.3 Å². The summed E-state index contributed by atoms with van der Waals surface area (Å²) < 4.78 is 3.57. The van der Waals surface area contributed by atoms with Gasteiger partial charge in [0.25, 0.3) is 5.56 Å². The summed E-state index contributed by atoms with van der Waals surface area (Å²) in [6.45, 7) is 2.58. The van der Waals surface area contributed by atoms with E-state index in [9.17, 15) is 9.59 Å². The molecule has 2 aromatic heterocycles. The predicted molar refractivity (Wildman–Crippen MR) is 121 cm³/mol. The van der Waals surface area contributed by atoms with Crippen molar-refractivity contribution in [3.05, 3.63) is 70.5 Å². The highest BCUT2D eigenvalue weighted by atomic mass is 32.2. The van der Waals surface area contributed by atoms with Crippen molar-refractivity contribution in [3.63, 3.8) is 0 Å². The van der Waals surface area contributed by atoms with Gasteiger partial charge >= 0.3 is 0 Å². The fourth-order valence-corrected chi connectivity index (χ4v) is 4.80. The Bertz CT molecular complexity index is 1310. The number of carbonyl (C=O) groups is 1. The Balaban J connectivity index is 1.65. The van der Waals surface area contributed by atoms with E-state index in [1.165, 1.54) is 11.8 Å². The van der Waals surface area contributed by atoms with Crippen LogP contribution in [0.15, 0.2) is 64.5 Å². The molecule has 1 atom stereocenters. The number of carbonyl (C=O) groups excluding carboxylic acids is 1. The molecule has 4 aromatic rings. The normalized spacial score (nSPS) is 14.7. The smallest absolute Gasteiger partial charge is 0.262 e. The SMILES string of the molecule is CCCn1c(=O)c2ccccc2n2c(SC(C(=O)NC3CC3)c3ccccc3)nnc12. The molecule has 0 aliphatic heterocycles. The number of thioether (sulfide) groups is 1. The lowest BCUT2D eigenvalue weighted by atomic mass is 10.1. The number of benzene rings is 2. The molecule has 0 radical (unpaired) electrons. The van der Waals surface area contributed by atoms with E-state index < -0.39 is 5.25 Å². The minimum atomic E-state index is -0.459. The van der Waals surface area contributed by atoms with Gasteiger partial charge < -0.3 is 5.32 Å². The Hall–Kier alpha value is -3.13. The Morgan fingerprint density at radius 2 is 1.87 bits per heavy atom. The van der Waals surface area contributed by atoms with Crippen LogP contribution in [-0.4, -0.2) is 31.1 Å². The Kier molecular flexibility index (Phi) is 5.23. The third kappa shape index (κ3) is 3.72. The van der Waals surface area contributed by atoms with Crippen molar-refractivity contribution < 1.29 is 4.79 Å². The summed E-state index contributed by atoms with van der Waals surface area (Å²) in [5, 5.41) is 12.6. The molecule has 5 rings (SSSR count). The molecule has 1 N–H and O–H groups in total. The molecule has 2 heterocycles. The minimum Gasteiger partial charge on any atom is -0.352 e. The van der Waals surface area contributed by atoms with Crippen molar-refractivity contribution >= 4 is 34.3 Å². The van der Waals surface area contributed by atoms with Gasteiger partial charge in [0, 0.05) is 12.6 Å². The summed E-state index contributed by atoms with van der Waals surface area (Å²) >= 11 is 1.37. The molecule has 31 heavy (non-hydrogen) atoms. The second kappa shape index (κ2) is 8.19. The number of fused-ring (bicyclic) bond motifs is 3. The van der Waals surface area contributed by atoms with Crippen molar-refractivity contribution in [3.8, 4) is 0 Å². The van der Waals surface area contributed by atoms with Crippen LogP contribution in [0.25, 0.3) is 16.7 Å². The van der Waals surface area contributed by atoms with Gasteiger partial charge in [-0.15, -0.1) is 10.2 Å². The van der Waals surface area contributed by atoms with Gasteiger partial charge in [0.2, 0.25) is 11.7 Å². The second-order valence-corrected chi connectivity index (χ2v) is 8.86. The maximum atomic E-state index is 13.1. The van der Waals surface area contributed by atoms with E-state index in [1.54, 1.807) is 4.57 Å². The molecule has 1 aliphatic rings. The van der Waals surface area contributed by atoms with Crippen LogP contribution in [0.4, 0.5) is 0 Å². The summed E-state index contributed by atoms with van der Waals surface area (Å²) in [5.74, 6) is 0.476. The van der Waals surface area contributed by atoms with Gasteiger partial charge in [0.15, 0.2) is 5.16 Å². The van der Waals surface area contributed by atoms with E-state index >= 15 is 0 Å². The summed E-state index contributed by atoms with van der Waals surface area (Å²) in [6, 6.07) is 17.5. The van der Waals surface area contributed by atoms with E-state index in [4.69, 9.17) is 0 Å². The van der Waals surface area contributed by atoms with Gasteiger partial charge in [-0.2, -0.15) is 0 Å². The average molecular weight is 434 g/mol. The first-order chi connectivity index (χ1) is 15.2. The lowest BCUT2D eigenvalue weighted by Gasteiger charge is -2.16. The fourth-order valence-electron chi connectivity index (χ4n) is 3.75. The molecule has 0 spiro atoms. The van der Waals surface area contributed by atoms with Gasteiger partial charge in [-0.25, -0.2) is 0 Å². The molecule has 1 saturated carbocycles. The third-order valence-corrected chi connectivity index (χ3v) is 6.61. The number of amides is 1. The van der Waals surface area contributed by atoms with Crippen LogP contribution in [0.1, 0.15) is 37.0 Å². The van der Waals surface area contributed by atoms with Crippen LogP contribution < -0.4 is 10.9 Å². The van der Waals surface area contributed by atoms with E-state index in [-0.39, 0.29) is 17.5 Å². The van der Waals surface area contributed by atoms with Gasteiger partial charge in [-0.05, 0) is 37.0 Å². The number of hydrogen-bond donors (Lipinski definition) is 1. The van der Waals surface area contributed by atoms with Gasteiger partial charge in [0.1, 0.15) is 5.25 Å². The molecule has 1 unspecified atom stereocenters. The quantitative estimate of drug-likeness (QED) is 0.451. The largest absolute Gasteiger partial charge is 0.352 e. The molecular weight excluding hydrogens is 410 g/mol. The van der Waals surface area contributed by atoms with Crippen molar-refractivity contribution in [2.24, 2.45) is 0 Å². The third-order valence-electron chi connectivity index (χ3n) is 5.41. The topological polar surface area (TPSA) is 81.3 Å². The molecular formula is C23H23N5O2S. The molecule has 0 saturated heterocycles. The predicted octanol–water partition coefficient (Wildman–Crippen LogP) is 3.57. The lowest BCUT2D eigenvalue weighted by Crippen LogP contribution is -2.30. The molecule has 1 amide bonds. The van der Waals surface area contributed by atoms with E-state index in [1.807, 2.05) is 65.9 Å². The zero-order valence-electron chi connectivity index (χ0n) is 17.2. The van der Waals surface area contributed by atoms with Crippen molar-refractivity contribution in [2.75, 3.05) is 0 Å². The summed E-state index contributed by atoms with van der Waals surface area (Å²) in [7, 11) is 0. The van der Waals surface area contributed by atoms with Gasteiger partial charge in [-0.3, -0.25) is 18.6 Å². The molecule has 158 valence electrons. The number of aromatic nitrogens is 4. The monoisotopic (exact) mass is 433 g/mol. The summed E-state index contributed by atoms with van der Waals surface area (Å²) in [6.07, 6.45) is 2.86. The maximum absolute atomic E-state index is 13.1. The molecule has 1 aliphatic carbocycles. The zero-order chi connectivity index (χ0) is 21.4. The number of aryl methyl sites for hydroxylation is 1. The van der Waals surface area contributed by atoms with Crippen LogP contribution in [0.5, 0.6) is 0 Å². The Labute approximate surface area is 183 Å². The number of hydrogen-bond acceptors (Lipinski definition) is 5. The second-order valence-electron chi connectivity index (χ2n) is 7.78. The Morgan fingerprint density at radius 3 is 2.61 bits per heavy atom. The van der Waals surface area contributed by atoms with Crippen molar-refractivity contribution in [2.45, 2.75) is 49.2 Å². The van der Waals surface area contributed by atoms with Gasteiger partial charge in [0.05, 0.1) is 10.9 Å². The first kappa shape index (κ1) is 19.8. The highest BCUT2D eigenvalue weighted by Crippen LogP contribution is 2.36. The highest BCUT2D eigenvalue weighted by Gasteiger charge is 2.30. The van der Waals surface area contributed by atoms with E-state index in [2.05, 4.69) is 15.5 Å². The Morgan fingerprint density at radius 1 is 1.13 bits per heavy atom. The van der Waals surface area contributed by atoms with Crippen LogP contribution in [0, 0.1) is 0 Å². The summed E-state index contributed by atoms with van der Waals surface area (Å²) in [4.78, 5) is 26.1. The minimum absolute atomic E-state index is 0.0263. The average Bonchev–Trinajstić information content (AvgIpc) is 3.51. The number of rotatable bonds is 7. The van der Waals surface area contributed by atoms with Crippen LogP contribution >= 0.6 is 11.8 Å². The maximum Gasteiger partial charge on any atom is 0.262 e. The number of nitrogens with zero attached hydrogens (tertiary/aromatic N) is 4. The number of para-hydroxylation sites is 1. The van der Waals surface area contributed by atoms with Crippen LogP contribution in [0.2, 0.25) is 0 Å². The van der Waals surface area contributed by atoms with E-state index in [0.717, 1.165) is 30.3 Å². The van der Waals surface area contributed by atoms with E-state index in [0.29, 0.717) is 22.9 Å². The first-order valence-corrected chi connectivity index (χ1v) is 11.4. The molecule has 1 fully saturated rings. The number of nitrogens with one attached hydrogen (secondary N) is 1. The van der Waals surface area contributed by atoms with Gasteiger partial charge in [-0.1, -0.05) is 61.2 Å². The standard InChI is InChI=1S/C23H23N5O2S/c1-2-14-27-21(30)17-10-6-7-11-18(17)28-22(27)25-26-23(28)31-19(15-8-4-3-5-9-15)20(29)24-16-12-13-16/h3-11,16,19H,2,12-14H2,1H3,(H,24,29). The molecule has 8 heteroatoms. The first-order valence-electron chi connectivity index (χ1n) is 10.6. The molecule has 0 bridgehead atoms. The summed E-state index contributed by atoms with van der Waals surface area (Å²) in [5.41, 5.74) is 1.59. The van der Waals surface area contributed by atoms with Crippen molar-refractivity contribution in [1.29, 1.82) is 0 Å². The van der Waals surface area contributed by atoms with Crippen LogP contribution in [0.3, 0.4) is 0 Å². The zero-order valence-corrected chi connectivity index (χ0v) is 18.0. The molecule has 2 aromatic carbocycles.